The van der Waals surface area contributed by atoms with Gasteiger partial charge in [-0.05, 0) is 24.5 Å². The molecule has 0 radical (unpaired) electrons. The zero-order valence-electron chi connectivity index (χ0n) is 10.8. The molecule has 4 nitrogen and oxygen atoms in total. The lowest BCUT2D eigenvalue weighted by molar-refractivity contribution is 0.259. The van der Waals surface area contributed by atoms with Gasteiger partial charge in [-0.2, -0.15) is 0 Å². The Hall–Kier alpha value is -1.68. The summed E-state index contributed by atoms with van der Waals surface area (Å²) in [5.41, 5.74) is 1.75. The molecule has 0 aliphatic carbocycles. The molecule has 1 heterocycles. The third-order valence-corrected chi connectivity index (χ3v) is 2.78. The first kappa shape index (κ1) is 12.8. The lowest BCUT2D eigenvalue weighted by Gasteiger charge is -2.18. The first-order valence-corrected chi connectivity index (χ1v) is 6.28. The van der Waals surface area contributed by atoms with E-state index in [1.165, 1.54) is 0 Å². The average molecular weight is 245 g/mol. The molecule has 4 heteroatoms. The molecule has 1 unspecified atom stereocenters. The quantitative estimate of drug-likeness (QED) is 0.849. The van der Waals surface area contributed by atoms with Crippen LogP contribution in [0.2, 0.25) is 0 Å². The van der Waals surface area contributed by atoms with Crippen LogP contribution in [0.15, 0.2) is 30.5 Å². The van der Waals surface area contributed by atoms with Gasteiger partial charge in [0.25, 0.3) is 0 Å². The fraction of sp³-hybridized carbons (Fsp3) is 0.429. The first-order chi connectivity index (χ1) is 8.69. The summed E-state index contributed by atoms with van der Waals surface area (Å²) in [7, 11) is 0. The molecule has 1 aromatic carbocycles. The molecule has 0 saturated carbocycles. The highest BCUT2D eigenvalue weighted by molar-refractivity contribution is 5.75. The predicted octanol–water partition coefficient (Wildman–Crippen LogP) is 2.45. The van der Waals surface area contributed by atoms with Gasteiger partial charge in [-0.15, -0.1) is 0 Å². The van der Waals surface area contributed by atoms with Gasteiger partial charge in [0.05, 0.1) is 29.9 Å². The Morgan fingerprint density at radius 2 is 1.94 bits per heavy atom. The molecule has 96 valence electrons. The van der Waals surface area contributed by atoms with Crippen LogP contribution in [0.3, 0.4) is 0 Å². The molecular weight excluding hydrogens is 226 g/mol. The van der Waals surface area contributed by atoms with Crippen molar-refractivity contribution >= 4 is 16.9 Å². The van der Waals surface area contributed by atoms with E-state index in [9.17, 15) is 5.11 Å². The number of aromatic nitrogens is 2. The van der Waals surface area contributed by atoms with Gasteiger partial charge >= 0.3 is 0 Å². The Morgan fingerprint density at radius 1 is 1.22 bits per heavy atom. The van der Waals surface area contributed by atoms with E-state index in [2.05, 4.69) is 29.1 Å². The fourth-order valence-electron chi connectivity index (χ4n) is 1.98. The van der Waals surface area contributed by atoms with Crippen LogP contribution < -0.4 is 5.32 Å². The van der Waals surface area contributed by atoms with Crippen LogP contribution in [-0.2, 0) is 0 Å². The summed E-state index contributed by atoms with van der Waals surface area (Å²) in [6.07, 6.45) is 2.62. The Morgan fingerprint density at radius 3 is 2.61 bits per heavy atom. The normalized spacial score (nSPS) is 12.9. The van der Waals surface area contributed by atoms with E-state index < -0.39 is 0 Å². The molecule has 0 spiro atoms. The fourth-order valence-corrected chi connectivity index (χ4v) is 1.98. The molecule has 0 aliphatic rings. The molecule has 1 aromatic heterocycles. The van der Waals surface area contributed by atoms with Gasteiger partial charge in [-0.1, -0.05) is 26.0 Å². The summed E-state index contributed by atoms with van der Waals surface area (Å²) in [5.74, 6) is 1.25. The van der Waals surface area contributed by atoms with Gasteiger partial charge in [0.2, 0.25) is 0 Å². The van der Waals surface area contributed by atoms with E-state index in [0.29, 0.717) is 11.7 Å². The van der Waals surface area contributed by atoms with Gasteiger partial charge in [-0.3, -0.25) is 4.98 Å². The molecule has 2 aromatic rings. The van der Waals surface area contributed by atoms with Crippen LogP contribution in [0, 0.1) is 5.92 Å². The summed E-state index contributed by atoms with van der Waals surface area (Å²) in [4.78, 5) is 8.83. The second-order valence-corrected chi connectivity index (χ2v) is 4.90. The monoisotopic (exact) mass is 245 g/mol. The van der Waals surface area contributed by atoms with E-state index >= 15 is 0 Å². The van der Waals surface area contributed by atoms with Crippen molar-refractivity contribution in [1.82, 2.24) is 9.97 Å². The SMILES string of the molecule is CC(C)CC(CO)Nc1cnc2ccccc2n1. The number of nitrogens with one attached hydrogen (secondary N) is 1. The molecular formula is C14H19N3O. The summed E-state index contributed by atoms with van der Waals surface area (Å²) in [5, 5.41) is 12.6. The molecule has 2 N–H and O–H groups in total. The standard InChI is InChI=1S/C14H19N3O/c1-10(2)7-11(9-18)16-14-8-15-12-5-3-4-6-13(12)17-14/h3-6,8,10-11,18H,7,9H2,1-2H3,(H,16,17). The second kappa shape index (κ2) is 5.78. The minimum absolute atomic E-state index is 0.0282. The van der Waals surface area contributed by atoms with Crippen LogP contribution in [0.5, 0.6) is 0 Å². The maximum atomic E-state index is 9.34. The number of hydrogen-bond acceptors (Lipinski definition) is 4. The van der Waals surface area contributed by atoms with E-state index in [4.69, 9.17) is 0 Å². The number of benzene rings is 1. The number of anilines is 1. The molecule has 1 atom stereocenters. The highest BCUT2D eigenvalue weighted by Crippen LogP contribution is 2.14. The largest absolute Gasteiger partial charge is 0.394 e. The summed E-state index contributed by atoms with van der Waals surface area (Å²) in [6, 6.07) is 7.78. The number of para-hydroxylation sites is 2. The topological polar surface area (TPSA) is 58.0 Å². The van der Waals surface area contributed by atoms with Crippen LogP contribution >= 0.6 is 0 Å². The molecule has 0 fully saturated rings. The zero-order chi connectivity index (χ0) is 13.0. The van der Waals surface area contributed by atoms with Crippen LogP contribution in [0.25, 0.3) is 11.0 Å². The third-order valence-electron chi connectivity index (χ3n) is 2.78. The Balaban J connectivity index is 2.15. The van der Waals surface area contributed by atoms with Crippen molar-refractivity contribution in [3.63, 3.8) is 0 Å². The van der Waals surface area contributed by atoms with Gasteiger partial charge in [0.1, 0.15) is 5.82 Å². The van der Waals surface area contributed by atoms with Crippen LogP contribution in [0.1, 0.15) is 20.3 Å². The summed E-state index contributed by atoms with van der Waals surface area (Å²) in [6.45, 7) is 4.37. The Kier molecular flexibility index (Phi) is 4.10. The third kappa shape index (κ3) is 3.17. The Bertz CT molecular complexity index is 513. The summed E-state index contributed by atoms with van der Waals surface area (Å²) < 4.78 is 0. The molecule has 18 heavy (non-hydrogen) atoms. The number of aliphatic hydroxyl groups excluding tert-OH is 1. The molecule has 2 rings (SSSR count). The molecule has 0 bridgehead atoms. The number of hydrogen-bond donors (Lipinski definition) is 2. The highest BCUT2D eigenvalue weighted by atomic mass is 16.3. The van der Waals surface area contributed by atoms with Crippen molar-refractivity contribution in [2.75, 3.05) is 11.9 Å². The molecule has 0 amide bonds. The predicted molar refractivity (Wildman–Crippen MR) is 73.5 cm³/mol. The van der Waals surface area contributed by atoms with Gasteiger partial charge in [0.15, 0.2) is 0 Å². The average Bonchev–Trinajstić information content (AvgIpc) is 2.37. The number of rotatable bonds is 5. The van der Waals surface area contributed by atoms with Gasteiger partial charge < -0.3 is 10.4 Å². The van der Waals surface area contributed by atoms with E-state index in [1.54, 1.807) is 6.20 Å². The minimum atomic E-state index is 0.0282. The van der Waals surface area contributed by atoms with E-state index in [1.807, 2.05) is 24.3 Å². The minimum Gasteiger partial charge on any atom is -0.394 e. The lowest BCUT2D eigenvalue weighted by atomic mass is 10.0. The number of nitrogens with zero attached hydrogens (tertiary/aromatic N) is 2. The van der Waals surface area contributed by atoms with Crippen molar-refractivity contribution in [1.29, 1.82) is 0 Å². The van der Waals surface area contributed by atoms with Gasteiger partial charge in [0, 0.05) is 0 Å². The number of aliphatic hydroxyl groups is 1. The maximum Gasteiger partial charge on any atom is 0.145 e. The van der Waals surface area contributed by atoms with E-state index in [0.717, 1.165) is 17.5 Å². The van der Waals surface area contributed by atoms with E-state index in [-0.39, 0.29) is 12.6 Å². The maximum absolute atomic E-state index is 9.34. The zero-order valence-corrected chi connectivity index (χ0v) is 10.8. The molecule has 0 saturated heterocycles. The van der Waals surface area contributed by atoms with Crippen molar-refractivity contribution in [3.05, 3.63) is 30.5 Å². The number of fused-ring (bicyclic) bond motifs is 1. The highest BCUT2D eigenvalue weighted by Gasteiger charge is 2.10. The van der Waals surface area contributed by atoms with Crippen LogP contribution in [0.4, 0.5) is 5.82 Å². The second-order valence-electron chi connectivity index (χ2n) is 4.90. The lowest BCUT2D eigenvalue weighted by Crippen LogP contribution is -2.26. The molecule has 0 aliphatic heterocycles. The smallest absolute Gasteiger partial charge is 0.145 e. The van der Waals surface area contributed by atoms with Crippen molar-refractivity contribution in [2.24, 2.45) is 5.92 Å². The van der Waals surface area contributed by atoms with Gasteiger partial charge in [-0.25, -0.2) is 4.98 Å². The Labute approximate surface area is 107 Å². The van der Waals surface area contributed by atoms with Crippen molar-refractivity contribution in [3.8, 4) is 0 Å². The van der Waals surface area contributed by atoms with Crippen molar-refractivity contribution < 1.29 is 5.11 Å². The summed E-state index contributed by atoms with van der Waals surface area (Å²) >= 11 is 0. The first-order valence-electron chi connectivity index (χ1n) is 6.28. The van der Waals surface area contributed by atoms with Crippen LogP contribution in [-0.4, -0.2) is 27.7 Å². The van der Waals surface area contributed by atoms with Crippen molar-refractivity contribution in [2.45, 2.75) is 26.3 Å².